The summed E-state index contributed by atoms with van der Waals surface area (Å²) in [6, 6.07) is 0. The normalized spacial score (nSPS) is 46.1. The molecule has 4 aliphatic rings. The Morgan fingerprint density at radius 2 is 1.90 bits per heavy atom. The Morgan fingerprint density at radius 1 is 1.14 bits per heavy atom. The number of aliphatic hydroxyl groups is 2. The van der Waals surface area contributed by atoms with Gasteiger partial charge in [0.1, 0.15) is 0 Å². The van der Waals surface area contributed by atoms with Crippen LogP contribution >= 0.6 is 0 Å². The van der Waals surface area contributed by atoms with E-state index in [-0.39, 0.29) is 12.2 Å². The van der Waals surface area contributed by atoms with Crippen LogP contribution < -0.4 is 0 Å². The number of fused-ring (bicyclic) bond motifs is 5. The van der Waals surface area contributed by atoms with Gasteiger partial charge in [0.05, 0.1) is 12.2 Å². The van der Waals surface area contributed by atoms with Crippen molar-refractivity contribution in [1.29, 1.82) is 0 Å². The van der Waals surface area contributed by atoms with Crippen LogP contribution in [0.2, 0.25) is 0 Å². The molecule has 4 aliphatic carbocycles. The van der Waals surface area contributed by atoms with Gasteiger partial charge in [-0.25, -0.2) is 0 Å². The van der Waals surface area contributed by atoms with Crippen LogP contribution in [0.1, 0.15) is 91.9 Å². The molecule has 2 N–H and O–H groups in total. The quantitative estimate of drug-likeness (QED) is 0.533. The molecule has 0 aliphatic heterocycles. The highest BCUT2D eigenvalue weighted by Crippen LogP contribution is 2.67. The van der Waals surface area contributed by atoms with Crippen LogP contribution in [0.15, 0.2) is 23.8 Å². The fourth-order valence-corrected chi connectivity index (χ4v) is 8.49. The summed E-state index contributed by atoms with van der Waals surface area (Å²) in [4.78, 5) is 0. The van der Waals surface area contributed by atoms with Crippen LogP contribution in [0.4, 0.5) is 0 Å². The van der Waals surface area contributed by atoms with Gasteiger partial charge in [-0.2, -0.15) is 0 Å². The molecule has 29 heavy (non-hydrogen) atoms. The monoisotopic (exact) mass is 400 g/mol. The maximum absolute atomic E-state index is 10.2. The van der Waals surface area contributed by atoms with Gasteiger partial charge in [0, 0.05) is 0 Å². The van der Waals surface area contributed by atoms with Gasteiger partial charge in [-0.3, -0.25) is 0 Å². The average Bonchev–Trinajstić information content (AvgIpc) is 3.03. The minimum atomic E-state index is -0.332. The molecule has 0 radical (unpaired) electrons. The first-order valence-electron chi connectivity index (χ1n) is 12.4. The second kappa shape index (κ2) is 7.83. The molecule has 164 valence electrons. The minimum Gasteiger partial charge on any atom is -0.393 e. The SMILES string of the molecule is C=C(C)C(O)CCC(C)C1CCC2C3CC=C4CC(O)CCC4(C)C3CCC12C. The number of hydrogen-bond donors (Lipinski definition) is 2. The Morgan fingerprint density at radius 3 is 2.62 bits per heavy atom. The third-order valence-electron chi connectivity index (χ3n) is 10.3. The highest BCUT2D eigenvalue weighted by Gasteiger charge is 2.59. The maximum Gasteiger partial charge on any atom is 0.0744 e. The predicted octanol–water partition coefficient (Wildman–Crippen LogP) is 6.28. The van der Waals surface area contributed by atoms with E-state index < -0.39 is 0 Å². The molecule has 0 aromatic rings. The van der Waals surface area contributed by atoms with Crippen molar-refractivity contribution >= 4 is 0 Å². The number of allylic oxidation sites excluding steroid dienone is 1. The highest BCUT2D eigenvalue weighted by molar-refractivity contribution is 5.25. The second-order valence-corrected chi connectivity index (χ2v) is 11.8. The molecule has 0 heterocycles. The molecule has 9 unspecified atom stereocenters. The van der Waals surface area contributed by atoms with Gasteiger partial charge in [-0.15, -0.1) is 0 Å². The van der Waals surface area contributed by atoms with Crippen molar-refractivity contribution < 1.29 is 10.2 Å². The zero-order valence-corrected chi connectivity index (χ0v) is 19.3. The summed E-state index contributed by atoms with van der Waals surface area (Å²) < 4.78 is 0. The molecule has 0 saturated heterocycles. The van der Waals surface area contributed by atoms with Crippen molar-refractivity contribution in [3.8, 4) is 0 Å². The third-order valence-corrected chi connectivity index (χ3v) is 10.3. The number of hydrogen-bond acceptors (Lipinski definition) is 2. The van der Waals surface area contributed by atoms with Crippen molar-refractivity contribution in [3.05, 3.63) is 23.8 Å². The summed E-state index contributed by atoms with van der Waals surface area (Å²) in [5.74, 6) is 4.02. The lowest BCUT2D eigenvalue weighted by molar-refractivity contribution is -0.0576. The van der Waals surface area contributed by atoms with Crippen LogP contribution in [0.3, 0.4) is 0 Å². The van der Waals surface area contributed by atoms with Crippen LogP contribution in [-0.2, 0) is 0 Å². The first-order chi connectivity index (χ1) is 13.7. The van der Waals surface area contributed by atoms with Crippen molar-refractivity contribution in [1.82, 2.24) is 0 Å². The number of aliphatic hydroxyl groups excluding tert-OH is 2. The molecular weight excluding hydrogens is 356 g/mol. The number of rotatable bonds is 5. The van der Waals surface area contributed by atoms with Crippen LogP contribution in [0, 0.1) is 40.4 Å². The molecule has 0 bridgehead atoms. The molecule has 2 nitrogen and oxygen atoms in total. The van der Waals surface area contributed by atoms with Gasteiger partial charge in [0.25, 0.3) is 0 Å². The maximum atomic E-state index is 10.2. The topological polar surface area (TPSA) is 40.5 Å². The Kier molecular flexibility index (Phi) is 5.84. The van der Waals surface area contributed by atoms with Gasteiger partial charge < -0.3 is 10.2 Å². The Labute approximate surface area is 178 Å². The van der Waals surface area contributed by atoms with Gasteiger partial charge in [-0.1, -0.05) is 44.6 Å². The van der Waals surface area contributed by atoms with E-state index in [1.807, 2.05) is 6.92 Å². The lowest BCUT2D eigenvalue weighted by atomic mass is 9.47. The molecular formula is C27H44O2. The fourth-order valence-electron chi connectivity index (χ4n) is 8.49. The summed E-state index contributed by atoms with van der Waals surface area (Å²) in [6.45, 7) is 13.5. The van der Waals surface area contributed by atoms with Gasteiger partial charge in [0.2, 0.25) is 0 Å². The van der Waals surface area contributed by atoms with Crippen LogP contribution in [0.25, 0.3) is 0 Å². The van der Waals surface area contributed by atoms with E-state index in [2.05, 4.69) is 33.4 Å². The highest BCUT2D eigenvalue weighted by atomic mass is 16.3. The van der Waals surface area contributed by atoms with E-state index >= 15 is 0 Å². The molecule has 3 saturated carbocycles. The smallest absolute Gasteiger partial charge is 0.0744 e. The van der Waals surface area contributed by atoms with E-state index in [0.29, 0.717) is 16.7 Å². The molecule has 0 aromatic heterocycles. The molecule has 9 atom stereocenters. The predicted molar refractivity (Wildman–Crippen MR) is 120 cm³/mol. The Balaban J connectivity index is 1.49. The Hall–Kier alpha value is -0.600. The fraction of sp³-hybridized carbons (Fsp3) is 0.852. The lowest BCUT2D eigenvalue weighted by Crippen LogP contribution is -2.50. The zero-order chi connectivity index (χ0) is 21.0. The molecule has 0 aromatic carbocycles. The standard InChI is InChI=1S/C27H44O2/c1-17(2)25(29)11-6-18(3)22-9-10-23-21-8-7-19-16-20(28)12-14-26(19,4)24(21)13-15-27(22,23)5/h7,18,20-25,28-29H,1,6,8-16H2,2-5H3. The first kappa shape index (κ1) is 21.6. The zero-order valence-electron chi connectivity index (χ0n) is 19.3. The second-order valence-electron chi connectivity index (χ2n) is 11.8. The van der Waals surface area contributed by atoms with Crippen molar-refractivity contribution in [2.45, 2.75) is 104 Å². The largest absolute Gasteiger partial charge is 0.393 e. The van der Waals surface area contributed by atoms with Crippen LogP contribution in [-0.4, -0.2) is 22.4 Å². The van der Waals surface area contributed by atoms with Gasteiger partial charge in [0.15, 0.2) is 0 Å². The summed E-state index contributed by atoms with van der Waals surface area (Å²) >= 11 is 0. The molecule has 0 amide bonds. The Bertz CT molecular complexity index is 665. The van der Waals surface area contributed by atoms with E-state index in [9.17, 15) is 10.2 Å². The molecule has 4 rings (SSSR count). The third kappa shape index (κ3) is 3.57. The summed E-state index contributed by atoms with van der Waals surface area (Å²) in [6.07, 6.45) is 14.0. The van der Waals surface area contributed by atoms with Gasteiger partial charge >= 0.3 is 0 Å². The first-order valence-corrected chi connectivity index (χ1v) is 12.4. The van der Waals surface area contributed by atoms with Crippen molar-refractivity contribution in [3.63, 3.8) is 0 Å². The van der Waals surface area contributed by atoms with Gasteiger partial charge in [-0.05, 0) is 112 Å². The van der Waals surface area contributed by atoms with E-state index in [4.69, 9.17) is 0 Å². The molecule has 2 heteroatoms. The molecule has 3 fully saturated rings. The average molecular weight is 401 g/mol. The molecule has 0 spiro atoms. The summed E-state index contributed by atoms with van der Waals surface area (Å²) in [7, 11) is 0. The van der Waals surface area contributed by atoms with Crippen molar-refractivity contribution in [2.75, 3.05) is 0 Å². The van der Waals surface area contributed by atoms with Crippen molar-refractivity contribution in [2.24, 2.45) is 40.4 Å². The lowest BCUT2D eigenvalue weighted by Gasteiger charge is -2.58. The summed E-state index contributed by atoms with van der Waals surface area (Å²) in [5, 5.41) is 20.4. The van der Waals surface area contributed by atoms with Crippen LogP contribution in [0.5, 0.6) is 0 Å². The van der Waals surface area contributed by atoms with E-state index in [1.165, 1.54) is 38.5 Å². The summed E-state index contributed by atoms with van der Waals surface area (Å²) in [5.41, 5.74) is 3.31. The minimum absolute atomic E-state index is 0.106. The van der Waals surface area contributed by atoms with E-state index in [1.54, 1.807) is 5.57 Å². The van der Waals surface area contributed by atoms with E-state index in [0.717, 1.165) is 54.9 Å².